The highest BCUT2D eigenvalue weighted by molar-refractivity contribution is 7.99. The number of aromatic amines is 1. The summed E-state index contributed by atoms with van der Waals surface area (Å²) in [5.41, 5.74) is 0.362. The number of aromatic nitrogens is 2. The van der Waals surface area contributed by atoms with Crippen molar-refractivity contribution < 1.29 is 13.9 Å². The molecule has 0 saturated heterocycles. The summed E-state index contributed by atoms with van der Waals surface area (Å²) in [5, 5.41) is 0.460. The number of hydrogen-bond donors (Lipinski definition) is 1. The molecule has 1 aromatic heterocycles. The topological polar surface area (TPSA) is 67.5 Å². The van der Waals surface area contributed by atoms with Crippen LogP contribution in [0.15, 0.2) is 46.1 Å². The number of thioether (sulfide) groups is 1. The molecule has 2 aromatic carbocycles. The molecule has 0 saturated carbocycles. The van der Waals surface area contributed by atoms with Crippen LogP contribution in [-0.4, -0.2) is 47.9 Å². The summed E-state index contributed by atoms with van der Waals surface area (Å²) in [6.07, 6.45) is 0. The standard InChI is InChI=1S/C21H24FN3O3S/c1-4-25(9-10-29-15-7-5-14(22)6-8-15)13-20-23-17-12-19(28-3)18(27-2)11-16(17)21(26)24-20/h5-8,11-12H,4,9-10,13H2,1-3H3,(H,23,24,26). The molecule has 6 nitrogen and oxygen atoms in total. The molecule has 1 N–H and O–H groups in total. The first kappa shape index (κ1) is 21.1. The summed E-state index contributed by atoms with van der Waals surface area (Å²) in [5.74, 6) is 2.25. The Morgan fingerprint density at radius 1 is 1.14 bits per heavy atom. The van der Waals surface area contributed by atoms with Crippen molar-refractivity contribution in [1.29, 1.82) is 0 Å². The van der Waals surface area contributed by atoms with E-state index < -0.39 is 0 Å². The van der Waals surface area contributed by atoms with Crippen LogP contribution in [0.25, 0.3) is 10.9 Å². The number of hydrogen-bond acceptors (Lipinski definition) is 6. The summed E-state index contributed by atoms with van der Waals surface area (Å²) >= 11 is 1.67. The van der Waals surface area contributed by atoms with Crippen LogP contribution in [0.2, 0.25) is 0 Å². The zero-order valence-corrected chi connectivity index (χ0v) is 17.5. The molecule has 0 aliphatic rings. The maximum absolute atomic E-state index is 13.0. The first-order valence-electron chi connectivity index (χ1n) is 9.29. The highest BCUT2D eigenvalue weighted by atomic mass is 32.2. The van der Waals surface area contributed by atoms with E-state index in [2.05, 4.69) is 21.8 Å². The molecular formula is C21H24FN3O3S. The average molecular weight is 418 g/mol. The molecule has 0 amide bonds. The van der Waals surface area contributed by atoms with E-state index in [-0.39, 0.29) is 11.4 Å². The van der Waals surface area contributed by atoms with Gasteiger partial charge in [0.05, 0.1) is 31.7 Å². The summed E-state index contributed by atoms with van der Waals surface area (Å²) in [6.45, 7) is 4.22. The third kappa shape index (κ3) is 5.27. The average Bonchev–Trinajstić information content (AvgIpc) is 2.73. The number of halogens is 1. The fourth-order valence-corrected chi connectivity index (χ4v) is 3.89. The van der Waals surface area contributed by atoms with Crippen LogP contribution in [0.4, 0.5) is 4.39 Å². The molecule has 154 valence electrons. The zero-order valence-electron chi connectivity index (χ0n) is 16.7. The molecule has 0 aliphatic heterocycles. The number of rotatable bonds is 9. The van der Waals surface area contributed by atoms with Crippen molar-refractivity contribution >= 4 is 22.7 Å². The van der Waals surface area contributed by atoms with Gasteiger partial charge in [-0.3, -0.25) is 9.69 Å². The minimum Gasteiger partial charge on any atom is -0.493 e. The molecule has 0 spiro atoms. The predicted molar refractivity (Wildman–Crippen MR) is 114 cm³/mol. The van der Waals surface area contributed by atoms with Gasteiger partial charge in [-0.15, -0.1) is 11.8 Å². The van der Waals surface area contributed by atoms with Gasteiger partial charge in [0.1, 0.15) is 11.6 Å². The molecule has 8 heteroatoms. The Labute approximate surface area is 173 Å². The van der Waals surface area contributed by atoms with Gasteiger partial charge in [-0.2, -0.15) is 0 Å². The second-order valence-electron chi connectivity index (χ2n) is 6.41. The van der Waals surface area contributed by atoms with E-state index in [0.717, 1.165) is 23.7 Å². The number of nitrogens with zero attached hydrogens (tertiary/aromatic N) is 2. The van der Waals surface area contributed by atoms with Gasteiger partial charge < -0.3 is 14.5 Å². The molecule has 0 atom stereocenters. The van der Waals surface area contributed by atoms with Gasteiger partial charge in [0, 0.05) is 23.3 Å². The maximum atomic E-state index is 13.0. The van der Waals surface area contributed by atoms with Crippen LogP contribution >= 0.6 is 11.8 Å². The third-order valence-corrected chi connectivity index (χ3v) is 5.56. The van der Waals surface area contributed by atoms with Crippen LogP contribution in [0, 0.1) is 5.82 Å². The van der Waals surface area contributed by atoms with E-state index in [1.165, 1.54) is 19.2 Å². The molecular weight excluding hydrogens is 393 g/mol. The molecule has 29 heavy (non-hydrogen) atoms. The molecule has 3 rings (SSSR count). The van der Waals surface area contributed by atoms with E-state index in [1.54, 1.807) is 43.1 Å². The molecule has 0 aliphatic carbocycles. The fraction of sp³-hybridized carbons (Fsp3) is 0.333. The number of ether oxygens (including phenoxy) is 2. The third-order valence-electron chi connectivity index (χ3n) is 4.57. The minimum atomic E-state index is -0.231. The lowest BCUT2D eigenvalue weighted by Gasteiger charge is -2.19. The molecule has 0 unspecified atom stereocenters. The van der Waals surface area contributed by atoms with Gasteiger partial charge in [0.2, 0.25) is 0 Å². The monoisotopic (exact) mass is 417 g/mol. The van der Waals surface area contributed by atoms with E-state index in [1.807, 2.05) is 0 Å². The molecule has 0 fully saturated rings. The second kappa shape index (κ2) is 9.76. The largest absolute Gasteiger partial charge is 0.493 e. The van der Waals surface area contributed by atoms with Crippen molar-refractivity contribution in [2.45, 2.75) is 18.4 Å². The van der Waals surface area contributed by atoms with Crippen LogP contribution in [0.3, 0.4) is 0 Å². The molecule has 1 heterocycles. The highest BCUT2D eigenvalue weighted by Crippen LogP contribution is 2.30. The van der Waals surface area contributed by atoms with E-state index in [0.29, 0.717) is 34.8 Å². The van der Waals surface area contributed by atoms with E-state index in [4.69, 9.17) is 9.47 Å². The van der Waals surface area contributed by atoms with Crippen molar-refractivity contribution in [3.63, 3.8) is 0 Å². The Hall–Kier alpha value is -2.58. The Balaban J connectivity index is 1.71. The quantitative estimate of drug-likeness (QED) is 0.536. The van der Waals surface area contributed by atoms with Crippen molar-refractivity contribution in [1.82, 2.24) is 14.9 Å². The fourth-order valence-electron chi connectivity index (χ4n) is 2.97. The summed E-state index contributed by atoms with van der Waals surface area (Å²) in [7, 11) is 3.08. The Kier molecular flexibility index (Phi) is 7.11. The van der Waals surface area contributed by atoms with Gasteiger partial charge in [-0.05, 0) is 36.9 Å². The SMILES string of the molecule is CCN(CCSc1ccc(F)cc1)Cc1nc2cc(OC)c(OC)cc2c(=O)[nH]1. The summed E-state index contributed by atoms with van der Waals surface area (Å²) < 4.78 is 23.6. The molecule has 0 radical (unpaired) electrons. The predicted octanol–water partition coefficient (Wildman–Crippen LogP) is 3.69. The van der Waals surface area contributed by atoms with Crippen LogP contribution in [0.5, 0.6) is 11.5 Å². The minimum absolute atomic E-state index is 0.206. The van der Waals surface area contributed by atoms with Crippen molar-refractivity contribution in [3.05, 3.63) is 58.4 Å². The lowest BCUT2D eigenvalue weighted by molar-refractivity contribution is 0.291. The van der Waals surface area contributed by atoms with Gasteiger partial charge in [0.25, 0.3) is 5.56 Å². The molecule has 0 bridgehead atoms. The maximum Gasteiger partial charge on any atom is 0.258 e. The lowest BCUT2D eigenvalue weighted by Crippen LogP contribution is -2.27. The van der Waals surface area contributed by atoms with Crippen LogP contribution < -0.4 is 15.0 Å². The number of methoxy groups -OCH3 is 2. The number of benzene rings is 2. The Morgan fingerprint density at radius 2 is 1.83 bits per heavy atom. The second-order valence-corrected chi connectivity index (χ2v) is 7.58. The number of fused-ring (bicyclic) bond motifs is 1. The summed E-state index contributed by atoms with van der Waals surface area (Å²) in [6, 6.07) is 9.84. The van der Waals surface area contributed by atoms with Gasteiger partial charge in [0.15, 0.2) is 11.5 Å². The van der Waals surface area contributed by atoms with Gasteiger partial charge >= 0.3 is 0 Å². The van der Waals surface area contributed by atoms with Gasteiger partial charge in [-0.25, -0.2) is 9.37 Å². The number of H-pyrrole nitrogens is 1. The summed E-state index contributed by atoms with van der Waals surface area (Å²) in [4.78, 5) is 23.2. The highest BCUT2D eigenvalue weighted by Gasteiger charge is 2.12. The number of nitrogens with one attached hydrogen (secondary N) is 1. The van der Waals surface area contributed by atoms with Gasteiger partial charge in [-0.1, -0.05) is 6.92 Å². The van der Waals surface area contributed by atoms with Crippen LogP contribution in [-0.2, 0) is 6.54 Å². The molecule has 3 aromatic rings. The van der Waals surface area contributed by atoms with Crippen LogP contribution in [0.1, 0.15) is 12.7 Å². The zero-order chi connectivity index (χ0) is 20.8. The lowest BCUT2D eigenvalue weighted by atomic mass is 10.2. The van der Waals surface area contributed by atoms with Crippen molar-refractivity contribution in [2.24, 2.45) is 0 Å². The van der Waals surface area contributed by atoms with Crippen molar-refractivity contribution in [2.75, 3.05) is 33.1 Å². The van der Waals surface area contributed by atoms with Crippen molar-refractivity contribution in [3.8, 4) is 11.5 Å². The smallest absolute Gasteiger partial charge is 0.258 e. The Morgan fingerprint density at radius 3 is 2.48 bits per heavy atom. The van der Waals surface area contributed by atoms with E-state index >= 15 is 0 Å². The first-order valence-corrected chi connectivity index (χ1v) is 10.3. The Bertz CT molecular complexity index is 1020. The van der Waals surface area contributed by atoms with E-state index in [9.17, 15) is 9.18 Å². The first-order chi connectivity index (χ1) is 14.0. The normalized spacial score (nSPS) is 11.2.